The van der Waals surface area contributed by atoms with Crippen molar-refractivity contribution in [3.05, 3.63) is 0 Å². The van der Waals surface area contributed by atoms with Crippen LogP contribution in [0.25, 0.3) is 0 Å². The van der Waals surface area contributed by atoms with Gasteiger partial charge in [-0.3, -0.25) is 4.57 Å². The molecule has 0 aliphatic rings. The van der Waals surface area contributed by atoms with Crippen LogP contribution >= 0.6 is 7.60 Å². The second-order valence-electron chi connectivity index (χ2n) is 2.27. The third-order valence-electron chi connectivity index (χ3n) is 1.37. The molecule has 0 bridgehead atoms. The molecule has 4 nitrogen and oxygen atoms in total. The first-order chi connectivity index (χ1) is 4.52. The van der Waals surface area contributed by atoms with Gasteiger partial charge in [-0.1, -0.05) is 13.3 Å². The molecule has 0 aromatic carbocycles. The van der Waals surface area contributed by atoms with Crippen LogP contribution in [0.15, 0.2) is 0 Å². The molecule has 0 amide bonds. The molecule has 0 aliphatic heterocycles. The summed E-state index contributed by atoms with van der Waals surface area (Å²) in [6.07, 6.45) is 1.26. The fourth-order valence-corrected chi connectivity index (χ4v) is 1.63. The highest BCUT2D eigenvalue weighted by Crippen LogP contribution is 2.42. The molecule has 0 saturated carbocycles. The van der Waals surface area contributed by atoms with Gasteiger partial charge in [-0.05, 0) is 6.42 Å². The summed E-state index contributed by atoms with van der Waals surface area (Å²) in [6, 6.07) is 0. The van der Waals surface area contributed by atoms with Crippen molar-refractivity contribution in [2.45, 2.75) is 25.4 Å². The molecule has 0 aromatic heterocycles. The third kappa shape index (κ3) is 3.32. The van der Waals surface area contributed by atoms with Crippen LogP contribution in [0.1, 0.15) is 19.8 Å². The van der Waals surface area contributed by atoms with E-state index in [0.717, 1.165) is 6.42 Å². The van der Waals surface area contributed by atoms with E-state index in [1.807, 2.05) is 6.92 Å². The Hall–Kier alpha value is 0.110. The average Bonchev–Trinajstić information content (AvgIpc) is 1.80. The summed E-state index contributed by atoms with van der Waals surface area (Å²) in [7, 11) is -3.92. The van der Waals surface area contributed by atoms with Crippen molar-refractivity contribution in [1.82, 2.24) is 0 Å². The summed E-state index contributed by atoms with van der Waals surface area (Å²) in [5.41, 5.74) is 4.51. The first kappa shape index (κ1) is 10.1. The molecule has 0 fully saturated rings. The maximum atomic E-state index is 10.6. The van der Waals surface area contributed by atoms with Gasteiger partial charge in [-0.25, -0.2) is 0 Å². The molecule has 4 N–H and O–H groups in total. The van der Waals surface area contributed by atoms with E-state index in [9.17, 15) is 4.57 Å². The van der Waals surface area contributed by atoms with Gasteiger partial charge >= 0.3 is 7.60 Å². The monoisotopic (exact) mass is 167 g/mol. The van der Waals surface area contributed by atoms with Crippen molar-refractivity contribution in [2.24, 2.45) is 5.73 Å². The van der Waals surface area contributed by atoms with Crippen molar-refractivity contribution < 1.29 is 14.4 Å². The lowest BCUT2D eigenvalue weighted by Crippen LogP contribution is -2.19. The minimum atomic E-state index is -3.92. The molecule has 62 valence electrons. The summed E-state index contributed by atoms with van der Waals surface area (Å²) in [6.45, 7) is 1.94. The SMILES string of the molecule is CCCC(CN)P(=O)(O)O. The Bertz CT molecular complexity index is 133. The van der Waals surface area contributed by atoms with Crippen LogP contribution in [-0.4, -0.2) is 22.0 Å². The predicted molar refractivity (Wildman–Crippen MR) is 39.8 cm³/mol. The highest BCUT2D eigenvalue weighted by Gasteiger charge is 2.25. The van der Waals surface area contributed by atoms with E-state index < -0.39 is 13.3 Å². The largest absolute Gasteiger partial charge is 0.330 e. The predicted octanol–water partition coefficient (Wildman–Crippen LogP) is 0.291. The smallest absolute Gasteiger partial charge is 0.329 e. The quantitative estimate of drug-likeness (QED) is 0.525. The van der Waals surface area contributed by atoms with Gasteiger partial charge in [0.1, 0.15) is 0 Å². The Morgan fingerprint density at radius 3 is 2.20 bits per heavy atom. The summed E-state index contributed by atoms with van der Waals surface area (Å²) in [4.78, 5) is 17.3. The zero-order valence-corrected chi connectivity index (χ0v) is 6.92. The van der Waals surface area contributed by atoms with E-state index >= 15 is 0 Å². The molecule has 0 rings (SSSR count). The van der Waals surface area contributed by atoms with Crippen molar-refractivity contribution in [3.8, 4) is 0 Å². The van der Waals surface area contributed by atoms with Crippen LogP contribution in [-0.2, 0) is 4.57 Å². The van der Waals surface area contributed by atoms with Gasteiger partial charge in [0, 0.05) is 6.54 Å². The van der Waals surface area contributed by atoms with Crippen molar-refractivity contribution in [2.75, 3.05) is 6.54 Å². The van der Waals surface area contributed by atoms with Gasteiger partial charge < -0.3 is 15.5 Å². The molecule has 0 aromatic rings. The van der Waals surface area contributed by atoms with E-state index in [2.05, 4.69) is 0 Å². The van der Waals surface area contributed by atoms with E-state index in [0.29, 0.717) is 6.42 Å². The van der Waals surface area contributed by atoms with Crippen molar-refractivity contribution >= 4 is 7.60 Å². The highest BCUT2D eigenvalue weighted by atomic mass is 31.2. The van der Waals surface area contributed by atoms with E-state index in [-0.39, 0.29) is 6.54 Å². The van der Waals surface area contributed by atoms with Gasteiger partial charge in [-0.15, -0.1) is 0 Å². The molecule has 5 heteroatoms. The molecule has 0 radical (unpaired) electrons. The molecular weight excluding hydrogens is 153 g/mol. The minimum absolute atomic E-state index is 0.0676. The third-order valence-corrected chi connectivity index (χ3v) is 2.79. The molecule has 0 saturated heterocycles. The Labute approximate surface area is 60.6 Å². The van der Waals surface area contributed by atoms with Crippen LogP contribution < -0.4 is 5.73 Å². The fourth-order valence-electron chi connectivity index (χ4n) is 0.757. The molecule has 0 heterocycles. The summed E-state index contributed by atoms with van der Waals surface area (Å²) in [5, 5.41) is 0. The second kappa shape index (κ2) is 4.09. The van der Waals surface area contributed by atoms with Gasteiger partial charge in [0.25, 0.3) is 0 Å². The number of rotatable bonds is 4. The maximum absolute atomic E-state index is 10.6. The lowest BCUT2D eigenvalue weighted by atomic mass is 10.2. The normalized spacial score (nSPS) is 15.2. The molecule has 0 spiro atoms. The second-order valence-corrected chi connectivity index (χ2v) is 4.18. The first-order valence-electron chi connectivity index (χ1n) is 3.27. The maximum Gasteiger partial charge on any atom is 0.329 e. The molecular formula is C5H14NO3P. The van der Waals surface area contributed by atoms with Crippen LogP contribution in [0.2, 0.25) is 0 Å². The molecule has 0 aliphatic carbocycles. The van der Waals surface area contributed by atoms with Crippen LogP contribution in [0.5, 0.6) is 0 Å². The Morgan fingerprint density at radius 2 is 2.10 bits per heavy atom. The number of hydrogen-bond acceptors (Lipinski definition) is 2. The van der Waals surface area contributed by atoms with Gasteiger partial charge in [0.15, 0.2) is 0 Å². The minimum Gasteiger partial charge on any atom is -0.330 e. The van der Waals surface area contributed by atoms with Crippen LogP contribution in [0, 0.1) is 0 Å². The lowest BCUT2D eigenvalue weighted by Gasteiger charge is -2.14. The lowest BCUT2D eigenvalue weighted by molar-refractivity contribution is 0.354. The van der Waals surface area contributed by atoms with Gasteiger partial charge in [-0.2, -0.15) is 0 Å². The molecule has 1 unspecified atom stereocenters. The summed E-state index contributed by atoms with van der Waals surface area (Å²) < 4.78 is 10.6. The van der Waals surface area contributed by atoms with Gasteiger partial charge in [0.2, 0.25) is 0 Å². The summed E-state index contributed by atoms with van der Waals surface area (Å²) >= 11 is 0. The van der Waals surface area contributed by atoms with E-state index in [4.69, 9.17) is 15.5 Å². The van der Waals surface area contributed by atoms with Gasteiger partial charge in [0.05, 0.1) is 5.66 Å². The van der Waals surface area contributed by atoms with Crippen molar-refractivity contribution in [3.63, 3.8) is 0 Å². The first-order valence-corrected chi connectivity index (χ1v) is 4.95. The Balaban J connectivity index is 3.94. The van der Waals surface area contributed by atoms with Crippen LogP contribution in [0.4, 0.5) is 0 Å². The van der Waals surface area contributed by atoms with Crippen LogP contribution in [0.3, 0.4) is 0 Å². The van der Waals surface area contributed by atoms with E-state index in [1.165, 1.54) is 0 Å². The standard InChI is InChI=1S/C5H14NO3P/c1-2-3-5(4-6)10(7,8)9/h5H,2-4,6H2,1H3,(H2,7,8,9). The Kier molecular flexibility index (Phi) is 4.13. The molecule has 10 heavy (non-hydrogen) atoms. The summed E-state index contributed by atoms with van der Waals surface area (Å²) in [5.74, 6) is 0. The van der Waals surface area contributed by atoms with Crippen molar-refractivity contribution in [1.29, 1.82) is 0 Å². The number of hydrogen-bond donors (Lipinski definition) is 3. The Morgan fingerprint density at radius 1 is 1.60 bits per heavy atom. The average molecular weight is 167 g/mol. The number of nitrogens with two attached hydrogens (primary N) is 1. The zero-order chi connectivity index (χ0) is 8.20. The zero-order valence-electron chi connectivity index (χ0n) is 6.03. The highest BCUT2D eigenvalue weighted by molar-refractivity contribution is 7.52. The topological polar surface area (TPSA) is 83.6 Å². The van der Waals surface area contributed by atoms with E-state index in [1.54, 1.807) is 0 Å². The fraction of sp³-hybridized carbons (Fsp3) is 1.00. The molecule has 1 atom stereocenters.